The van der Waals surface area contributed by atoms with Gasteiger partial charge in [-0.05, 0) is 54.8 Å². The molecule has 0 aliphatic rings. The predicted molar refractivity (Wildman–Crippen MR) is 176 cm³/mol. The van der Waals surface area contributed by atoms with Crippen molar-refractivity contribution in [3.8, 4) is 0 Å². The molecule has 0 aromatic heterocycles. The summed E-state index contributed by atoms with van der Waals surface area (Å²) in [6.07, 6.45) is 0.928. The Hall–Kier alpha value is -3.85. The van der Waals surface area contributed by atoms with Crippen molar-refractivity contribution < 1.29 is 18.0 Å². The Labute approximate surface area is 269 Å². The summed E-state index contributed by atoms with van der Waals surface area (Å²) in [6.45, 7) is 3.32. The molecule has 0 radical (unpaired) electrons. The number of sulfonamides is 1. The lowest BCUT2D eigenvalue weighted by Crippen LogP contribution is -2.54. The van der Waals surface area contributed by atoms with Gasteiger partial charge in [0.2, 0.25) is 11.8 Å². The van der Waals surface area contributed by atoms with E-state index in [0.29, 0.717) is 6.42 Å². The summed E-state index contributed by atoms with van der Waals surface area (Å²) in [5.41, 5.74) is 1.70. The van der Waals surface area contributed by atoms with Gasteiger partial charge in [-0.3, -0.25) is 13.9 Å². The summed E-state index contributed by atoms with van der Waals surface area (Å²) in [7, 11) is -4.28. The second-order valence-corrected chi connectivity index (χ2v) is 13.2. The summed E-state index contributed by atoms with van der Waals surface area (Å²) in [4.78, 5) is 29.7. The molecule has 4 aromatic rings. The highest BCUT2D eigenvalue weighted by molar-refractivity contribution is 7.92. The van der Waals surface area contributed by atoms with Crippen molar-refractivity contribution in [2.45, 2.75) is 50.2 Å². The lowest BCUT2D eigenvalue weighted by Gasteiger charge is -2.34. The van der Waals surface area contributed by atoms with Crippen molar-refractivity contribution >= 4 is 50.7 Å². The average Bonchev–Trinajstić information content (AvgIpc) is 3.03. The maximum atomic E-state index is 14.5. The number of halogens is 2. The minimum Gasteiger partial charge on any atom is -0.352 e. The Bertz CT molecular complexity index is 1660. The number of hydrogen-bond donors (Lipinski definition) is 1. The fourth-order valence-electron chi connectivity index (χ4n) is 4.69. The summed E-state index contributed by atoms with van der Waals surface area (Å²) in [6, 6.07) is 29.9. The smallest absolute Gasteiger partial charge is 0.264 e. The lowest BCUT2D eigenvalue weighted by molar-refractivity contribution is -0.140. The minimum absolute atomic E-state index is 0.0196. The van der Waals surface area contributed by atoms with E-state index in [9.17, 15) is 18.0 Å². The van der Waals surface area contributed by atoms with E-state index in [-0.39, 0.29) is 45.5 Å². The number of benzene rings is 4. The summed E-state index contributed by atoms with van der Waals surface area (Å²) >= 11 is 12.8. The van der Waals surface area contributed by atoms with Crippen molar-refractivity contribution in [2.75, 3.05) is 10.8 Å². The topological polar surface area (TPSA) is 86.8 Å². The first-order valence-electron chi connectivity index (χ1n) is 14.3. The number of amides is 2. The van der Waals surface area contributed by atoms with Gasteiger partial charge in [0.15, 0.2) is 0 Å². The highest BCUT2D eigenvalue weighted by Gasteiger charge is 2.35. The van der Waals surface area contributed by atoms with Crippen molar-refractivity contribution in [1.82, 2.24) is 10.2 Å². The van der Waals surface area contributed by atoms with E-state index in [1.165, 1.54) is 29.2 Å². The molecule has 44 heavy (non-hydrogen) atoms. The van der Waals surface area contributed by atoms with Crippen molar-refractivity contribution in [3.63, 3.8) is 0 Å². The van der Waals surface area contributed by atoms with E-state index in [4.69, 9.17) is 23.2 Å². The van der Waals surface area contributed by atoms with Gasteiger partial charge in [0.1, 0.15) is 12.6 Å². The number of nitrogens with zero attached hydrogens (tertiary/aromatic N) is 2. The van der Waals surface area contributed by atoms with Crippen LogP contribution >= 0.6 is 23.2 Å². The molecule has 0 heterocycles. The van der Waals surface area contributed by atoms with Crippen LogP contribution in [0.4, 0.5) is 5.69 Å². The fourth-order valence-corrected chi connectivity index (χ4v) is 6.57. The summed E-state index contributed by atoms with van der Waals surface area (Å²) in [5.74, 6) is -0.907. The fraction of sp³-hybridized carbons (Fsp3) is 0.235. The molecule has 0 saturated carbocycles. The Balaban J connectivity index is 1.82. The Morgan fingerprint density at radius 3 is 1.98 bits per heavy atom. The molecule has 2 amide bonds. The molecule has 0 unspecified atom stereocenters. The highest BCUT2D eigenvalue weighted by Crippen LogP contribution is 2.33. The van der Waals surface area contributed by atoms with E-state index < -0.39 is 28.5 Å². The first-order chi connectivity index (χ1) is 21.1. The van der Waals surface area contributed by atoms with E-state index in [1.807, 2.05) is 74.5 Å². The maximum Gasteiger partial charge on any atom is 0.264 e. The van der Waals surface area contributed by atoms with Crippen molar-refractivity contribution in [1.29, 1.82) is 0 Å². The van der Waals surface area contributed by atoms with Crippen LogP contribution in [0.15, 0.2) is 114 Å². The van der Waals surface area contributed by atoms with E-state index in [1.54, 1.807) is 24.3 Å². The third-order valence-corrected chi connectivity index (χ3v) is 9.58. The SMILES string of the molecule is CC[C@H](C)NC(=O)[C@@H](Cc1ccccc1)N(Cc1ccccc1)C(=O)CN(c1cc(Cl)ccc1Cl)S(=O)(=O)c1ccccc1. The van der Waals surface area contributed by atoms with Gasteiger partial charge < -0.3 is 10.2 Å². The van der Waals surface area contributed by atoms with Crippen LogP contribution in [0, 0.1) is 0 Å². The summed E-state index contributed by atoms with van der Waals surface area (Å²) < 4.78 is 29.1. The zero-order valence-electron chi connectivity index (χ0n) is 24.6. The van der Waals surface area contributed by atoms with Crippen LogP contribution in [0.5, 0.6) is 0 Å². The van der Waals surface area contributed by atoms with E-state index >= 15 is 0 Å². The molecule has 4 rings (SSSR count). The molecule has 0 bridgehead atoms. The van der Waals surface area contributed by atoms with Gasteiger partial charge in [-0.2, -0.15) is 0 Å². The average molecular weight is 653 g/mol. The van der Waals surface area contributed by atoms with Gasteiger partial charge in [0.25, 0.3) is 10.0 Å². The zero-order valence-corrected chi connectivity index (χ0v) is 26.9. The molecule has 0 spiro atoms. The normalized spacial score (nSPS) is 12.6. The molecule has 0 fully saturated rings. The van der Waals surface area contributed by atoms with Crippen LogP contribution in [-0.4, -0.2) is 43.8 Å². The Morgan fingerprint density at radius 1 is 0.818 bits per heavy atom. The minimum atomic E-state index is -4.28. The summed E-state index contributed by atoms with van der Waals surface area (Å²) in [5, 5.41) is 3.38. The Kier molecular flexibility index (Phi) is 11.4. The second kappa shape index (κ2) is 15.2. The van der Waals surface area contributed by atoms with Crippen LogP contribution in [-0.2, 0) is 32.6 Å². The largest absolute Gasteiger partial charge is 0.352 e. The molecular weight excluding hydrogens is 617 g/mol. The predicted octanol–water partition coefficient (Wildman–Crippen LogP) is 6.74. The second-order valence-electron chi connectivity index (χ2n) is 10.5. The molecule has 0 aliphatic carbocycles. The number of carbonyl (C=O) groups excluding carboxylic acids is 2. The molecule has 1 N–H and O–H groups in total. The van der Waals surface area contributed by atoms with Crippen LogP contribution < -0.4 is 9.62 Å². The third kappa shape index (κ3) is 8.40. The van der Waals surface area contributed by atoms with Crippen LogP contribution in [0.1, 0.15) is 31.4 Å². The van der Waals surface area contributed by atoms with Gasteiger partial charge in [-0.15, -0.1) is 0 Å². The Morgan fingerprint density at radius 2 is 1.39 bits per heavy atom. The lowest BCUT2D eigenvalue weighted by atomic mass is 10.0. The third-order valence-electron chi connectivity index (χ3n) is 7.25. The van der Waals surface area contributed by atoms with Gasteiger partial charge in [-0.1, -0.05) is 109 Å². The number of anilines is 1. The first-order valence-corrected chi connectivity index (χ1v) is 16.5. The number of nitrogens with one attached hydrogen (secondary N) is 1. The van der Waals surface area contributed by atoms with Gasteiger partial charge in [0.05, 0.1) is 15.6 Å². The first kappa shape index (κ1) is 33.1. The van der Waals surface area contributed by atoms with Crippen LogP contribution in [0.3, 0.4) is 0 Å². The molecular formula is C34H35Cl2N3O4S. The van der Waals surface area contributed by atoms with Gasteiger partial charge in [0, 0.05) is 24.0 Å². The molecule has 4 aromatic carbocycles. The monoisotopic (exact) mass is 651 g/mol. The van der Waals surface area contributed by atoms with E-state index in [0.717, 1.165) is 15.4 Å². The molecule has 10 heteroatoms. The highest BCUT2D eigenvalue weighted by atomic mass is 35.5. The van der Waals surface area contributed by atoms with Gasteiger partial charge in [-0.25, -0.2) is 8.42 Å². The molecule has 7 nitrogen and oxygen atoms in total. The number of carbonyl (C=O) groups is 2. The molecule has 0 saturated heterocycles. The van der Waals surface area contributed by atoms with Crippen LogP contribution in [0.25, 0.3) is 0 Å². The van der Waals surface area contributed by atoms with Crippen LogP contribution in [0.2, 0.25) is 10.0 Å². The van der Waals surface area contributed by atoms with Crippen molar-refractivity contribution in [3.05, 3.63) is 130 Å². The van der Waals surface area contributed by atoms with Gasteiger partial charge >= 0.3 is 0 Å². The van der Waals surface area contributed by atoms with E-state index in [2.05, 4.69) is 5.32 Å². The molecule has 2 atom stereocenters. The standard InChI is InChI=1S/C34H35Cl2N3O4S/c1-3-25(2)37-34(41)32(21-26-13-7-4-8-14-26)38(23-27-15-9-5-10-16-27)33(40)24-39(31-22-28(35)19-20-30(31)36)44(42,43)29-17-11-6-12-18-29/h4-20,22,25,32H,3,21,23-24H2,1-2H3,(H,37,41)/t25-,32+/m0/s1. The quantitative estimate of drug-likeness (QED) is 0.173. The maximum absolute atomic E-state index is 14.5. The molecule has 0 aliphatic heterocycles. The number of rotatable bonds is 13. The number of hydrogen-bond acceptors (Lipinski definition) is 4. The zero-order chi connectivity index (χ0) is 31.7. The van der Waals surface area contributed by atoms with Crippen molar-refractivity contribution in [2.24, 2.45) is 0 Å². The molecule has 230 valence electrons.